The molecule has 0 radical (unpaired) electrons. The van der Waals surface area contributed by atoms with E-state index >= 15 is 13.2 Å². The van der Waals surface area contributed by atoms with Crippen LogP contribution < -0.4 is 20.4 Å². The molecule has 0 saturated carbocycles. The Balaban J connectivity index is 1.13. The lowest BCUT2D eigenvalue weighted by atomic mass is 10.0. The molecule has 0 spiro atoms. The zero-order valence-corrected chi connectivity index (χ0v) is 27.0. The van der Waals surface area contributed by atoms with Crippen LogP contribution in [-0.4, -0.2) is 46.1 Å². The van der Waals surface area contributed by atoms with E-state index in [0.29, 0.717) is 25.9 Å². The molecule has 4 saturated heterocycles. The van der Waals surface area contributed by atoms with Crippen molar-refractivity contribution in [3.8, 4) is 0 Å². The topological polar surface area (TPSA) is 87.9 Å². The number of aromatic amines is 2. The standard InChI is InChI=1S/C37H41F3N8/c38-23-20-32(33(39)34(40)35(23)47-16-2-1-3-17-47)48-30(21-8-10-24-28(18-21)45-36(43-24)26-6-4-14-41-26)12-13-31(48)22-9-11-25-29(19-22)46-37(44-25)27-7-5-15-42-27/h8-11,18-20,26-27,30-31,41-42H,1-7,12-17H2,(H,43,45)(H,44,46)/t26-,27-,30-,31+/m0/s1. The van der Waals surface area contributed by atoms with Gasteiger partial charge < -0.3 is 30.4 Å². The number of nitrogens with one attached hydrogen (secondary N) is 4. The lowest BCUT2D eigenvalue weighted by Gasteiger charge is -2.35. The Morgan fingerprint density at radius 3 is 1.71 bits per heavy atom. The zero-order chi connectivity index (χ0) is 32.4. The van der Waals surface area contributed by atoms with Crippen LogP contribution >= 0.6 is 0 Å². The van der Waals surface area contributed by atoms with Crippen LogP contribution in [0, 0.1) is 17.5 Å². The highest BCUT2D eigenvalue weighted by Crippen LogP contribution is 2.49. The molecule has 4 aliphatic heterocycles. The summed E-state index contributed by atoms with van der Waals surface area (Å²) in [6.45, 7) is 2.99. The predicted octanol–water partition coefficient (Wildman–Crippen LogP) is 7.78. The largest absolute Gasteiger partial charge is 0.367 e. The molecule has 4 N–H and O–H groups in total. The summed E-state index contributed by atoms with van der Waals surface area (Å²) < 4.78 is 48.4. The molecule has 2 aromatic heterocycles. The van der Waals surface area contributed by atoms with Crippen LogP contribution in [0.4, 0.5) is 24.5 Å². The van der Waals surface area contributed by atoms with E-state index in [1.165, 1.54) is 6.07 Å². The van der Waals surface area contributed by atoms with E-state index in [0.717, 1.165) is 103 Å². The summed E-state index contributed by atoms with van der Waals surface area (Å²) >= 11 is 0. The monoisotopic (exact) mass is 654 g/mol. The zero-order valence-electron chi connectivity index (χ0n) is 27.0. The number of hydrogen-bond acceptors (Lipinski definition) is 6. The summed E-state index contributed by atoms with van der Waals surface area (Å²) in [5, 5.41) is 7.00. The molecule has 5 aromatic rings. The van der Waals surface area contributed by atoms with Gasteiger partial charge in [0.25, 0.3) is 0 Å². The third-order valence-electron chi connectivity index (χ3n) is 11.0. The van der Waals surface area contributed by atoms with Gasteiger partial charge in [-0.1, -0.05) is 12.1 Å². The van der Waals surface area contributed by atoms with Crippen molar-refractivity contribution in [2.45, 2.75) is 82.0 Å². The number of nitrogens with zero attached hydrogens (tertiary/aromatic N) is 4. The van der Waals surface area contributed by atoms with E-state index in [4.69, 9.17) is 9.97 Å². The summed E-state index contributed by atoms with van der Waals surface area (Å²) in [4.78, 5) is 20.3. The number of aromatic nitrogens is 4. The van der Waals surface area contributed by atoms with Crippen LogP contribution in [0.1, 0.15) is 105 Å². The number of fused-ring (bicyclic) bond motifs is 2. The van der Waals surface area contributed by atoms with E-state index in [-0.39, 0.29) is 35.5 Å². The molecule has 8 nitrogen and oxygen atoms in total. The van der Waals surface area contributed by atoms with Crippen LogP contribution in [-0.2, 0) is 0 Å². The van der Waals surface area contributed by atoms with Gasteiger partial charge in [0.05, 0.1) is 51.9 Å². The van der Waals surface area contributed by atoms with Crippen LogP contribution in [0.3, 0.4) is 0 Å². The molecule has 0 amide bonds. The van der Waals surface area contributed by atoms with Gasteiger partial charge in [-0.2, -0.15) is 0 Å². The quantitative estimate of drug-likeness (QED) is 0.140. The Hall–Kier alpha value is -4.09. The maximum atomic E-state index is 16.4. The second kappa shape index (κ2) is 12.1. The van der Waals surface area contributed by atoms with Crippen molar-refractivity contribution < 1.29 is 13.2 Å². The molecule has 48 heavy (non-hydrogen) atoms. The van der Waals surface area contributed by atoms with Crippen molar-refractivity contribution in [1.29, 1.82) is 0 Å². The molecule has 9 rings (SSSR count). The molecule has 4 atom stereocenters. The summed E-state index contributed by atoms with van der Waals surface area (Å²) in [6.07, 6.45) is 8.36. The Morgan fingerprint density at radius 1 is 0.625 bits per heavy atom. The van der Waals surface area contributed by atoms with Gasteiger partial charge >= 0.3 is 0 Å². The lowest BCUT2D eigenvalue weighted by molar-refractivity contribution is 0.475. The van der Waals surface area contributed by atoms with Crippen molar-refractivity contribution in [3.05, 3.63) is 82.7 Å². The van der Waals surface area contributed by atoms with E-state index in [1.54, 1.807) is 4.90 Å². The van der Waals surface area contributed by atoms with Crippen LogP contribution in [0.2, 0.25) is 0 Å². The van der Waals surface area contributed by atoms with Gasteiger partial charge in [0.2, 0.25) is 0 Å². The van der Waals surface area contributed by atoms with Crippen molar-refractivity contribution in [1.82, 2.24) is 30.6 Å². The highest BCUT2D eigenvalue weighted by molar-refractivity contribution is 5.78. The van der Waals surface area contributed by atoms with E-state index in [2.05, 4.69) is 32.7 Å². The molecule has 4 fully saturated rings. The highest BCUT2D eigenvalue weighted by atomic mass is 19.2. The lowest BCUT2D eigenvalue weighted by Crippen LogP contribution is -2.32. The van der Waals surface area contributed by atoms with Crippen molar-refractivity contribution in [2.75, 3.05) is 36.0 Å². The van der Waals surface area contributed by atoms with Gasteiger partial charge in [0.15, 0.2) is 17.5 Å². The van der Waals surface area contributed by atoms with Crippen molar-refractivity contribution >= 4 is 33.4 Å². The smallest absolute Gasteiger partial charge is 0.187 e. The molecule has 0 aliphatic carbocycles. The maximum absolute atomic E-state index is 16.4. The number of H-pyrrole nitrogens is 2. The summed E-state index contributed by atoms with van der Waals surface area (Å²) in [5.41, 5.74) is 5.18. The molecule has 6 heterocycles. The number of piperidine rings is 1. The first-order valence-corrected chi connectivity index (χ1v) is 17.7. The Labute approximate surface area is 277 Å². The van der Waals surface area contributed by atoms with Gasteiger partial charge in [-0.05, 0) is 106 Å². The summed E-state index contributed by atoms with van der Waals surface area (Å²) in [6, 6.07) is 13.2. The number of halogens is 3. The third-order valence-corrected chi connectivity index (χ3v) is 11.0. The molecular weight excluding hydrogens is 613 g/mol. The van der Waals surface area contributed by atoms with Crippen molar-refractivity contribution in [3.63, 3.8) is 0 Å². The van der Waals surface area contributed by atoms with E-state index in [1.807, 2.05) is 29.2 Å². The van der Waals surface area contributed by atoms with Gasteiger partial charge in [-0.25, -0.2) is 23.1 Å². The number of rotatable bonds is 6. The van der Waals surface area contributed by atoms with Gasteiger partial charge in [-0.3, -0.25) is 0 Å². The molecule has 4 aliphatic rings. The second-order valence-corrected chi connectivity index (χ2v) is 14.0. The van der Waals surface area contributed by atoms with E-state index < -0.39 is 17.5 Å². The van der Waals surface area contributed by atoms with Gasteiger partial charge in [0, 0.05) is 19.2 Å². The third kappa shape index (κ3) is 5.13. The minimum absolute atomic E-state index is 0.0423. The Morgan fingerprint density at radius 2 is 1.19 bits per heavy atom. The fraction of sp³-hybridized carbons (Fsp3) is 0.459. The number of benzene rings is 3. The highest BCUT2D eigenvalue weighted by Gasteiger charge is 2.39. The SMILES string of the molecule is Fc1cc(N2[C@@H](c3ccc4nc([C@@H]5CCCN5)[nH]c4c3)CC[C@H]2c2ccc3nc([C@@H]4CCCN4)[nH]c3c2)c(F)c(F)c1N1CCCCC1. The van der Waals surface area contributed by atoms with Gasteiger partial charge in [0.1, 0.15) is 17.3 Å². The normalized spacial score (nSPS) is 24.9. The van der Waals surface area contributed by atoms with Gasteiger partial charge in [-0.15, -0.1) is 0 Å². The van der Waals surface area contributed by atoms with Crippen LogP contribution in [0.15, 0.2) is 42.5 Å². The maximum Gasteiger partial charge on any atom is 0.187 e. The number of anilines is 2. The molecular formula is C37H41F3N8. The average Bonchev–Trinajstić information content (AvgIpc) is 3.94. The molecule has 250 valence electrons. The Bertz CT molecular complexity index is 1870. The fourth-order valence-electron chi connectivity index (χ4n) is 8.64. The summed E-state index contributed by atoms with van der Waals surface area (Å²) in [7, 11) is 0. The fourth-order valence-corrected chi connectivity index (χ4v) is 8.64. The second-order valence-electron chi connectivity index (χ2n) is 14.0. The Kier molecular flexibility index (Phi) is 7.57. The summed E-state index contributed by atoms with van der Waals surface area (Å²) in [5.74, 6) is -0.977. The van der Waals surface area contributed by atoms with Crippen molar-refractivity contribution in [2.24, 2.45) is 0 Å². The first kappa shape index (κ1) is 30.0. The van der Waals surface area contributed by atoms with E-state index in [9.17, 15) is 0 Å². The first-order chi connectivity index (χ1) is 23.5. The molecule has 0 unspecified atom stereocenters. The minimum atomic E-state index is -1.10. The molecule has 0 bridgehead atoms. The van der Waals surface area contributed by atoms with Crippen LogP contribution in [0.5, 0.6) is 0 Å². The van der Waals surface area contributed by atoms with Crippen LogP contribution in [0.25, 0.3) is 22.1 Å². The first-order valence-electron chi connectivity index (χ1n) is 17.7. The average molecular weight is 655 g/mol. The number of imidazole rings is 2. The minimum Gasteiger partial charge on any atom is -0.367 e. The molecule has 11 heteroatoms. The molecule has 3 aromatic carbocycles. The number of hydrogen-bond donors (Lipinski definition) is 4. The predicted molar refractivity (Wildman–Crippen MR) is 182 cm³/mol.